The van der Waals surface area contributed by atoms with E-state index < -0.39 is 12.3 Å². The second-order valence-corrected chi connectivity index (χ2v) is 13.7. The highest BCUT2D eigenvalue weighted by Crippen LogP contribution is 2.42. The fourth-order valence-corrected chi connectivity index (χ4v) is 6.94. The third kappa shape index (κ3) is 9.85. The van der Waals surface area contributed by atoms with E-state index in [-0.39, 0.29) is 54.1 Å². The van der Waals surface area contributed by atoms with Crippen LogP contribution in [0.1, 0.15) is 60.8 Å². The van der Waals surface area contributed by atoms with E-state index in [1.807, 2.05) is 84.9 Å². The van der Waals surface area contributed by atoms with Crippen molar-refractivity contribution >= 4 is 23.3 Å². The number of carbonyl (C=O) groups is 2. The minimum atomic E-state index is -0.908. The van der Waals surface area contributed by atoms with Gasteiger partial charge in [-0.2, -0.15) is 0 Å². The Morgan fingerprint density at radius 3 is 2.21 bits per heavy atom. The van der Waals surface area contributed by atoms with Crippen molar-refractivity contribution < 1.29 is 34.2 Å². The number of anilines is 1. The molecule has 0 aromatic heterocycles. The van der Waals surface area contributed by atoms with Crippen molar-refractivity contribution in [2.75, 3.05) is 37.6 Å². The number of hydrogen-bond donors (Lipinski definition) is 3. The van der Waals surface area contributed by atoms with Gasteiger partial charge in [-0.1, -0.05) is 73.7 Å². The van der Waals surface area contributed by atoms with Crippen LogP contribution in [0.25, 0.3) is 11.1 Å². The quantitative estimate of drug-likeness (QED) is 0.101. The Morgan fingerprint density at radius 1 is 0.849 bits per heavy atom. The van der Waals surface area contributed by atoms with Gasteiger partial charge in [0.15, 0.2) is 6.29 Å². The normalized spacial score (nSPS) is 20.5. The van der Waals surface area contributed by atoms with Crippen LogP contribution >= 0.6 is 0 Å². The zero-order valence-corrected chi connectivity index (χ0v) is 29.8. The Morgan fingerprint density at radius 2 is 1.55 bits per heavy atom. The Kier molecular flexibility index (Phi) is 12.5. The molecule has 12 nitrogen and oxygen atoms in total. The third-order valence-electron chi connectivity index (χ3n) is 10.1. The Hall–Kier alpha value is -5.14. The number of rotatable bonds is 14. The zero-order chi connectivity index (χ0) is 37.3. The molecule has 3 N–H and O–H groups in total. The van der Waals surface area contributed by atoms with Gasteiger partial charge < -0.3 is 29.9 Å². The molecule has 0 spiro atoms. The van der Waals surface area contributed by atoms with Crippen LogP contribution in [0.3, 0.4) is 0 Å². The van der Waals surface area contributed by atoms with Crippen molar-refractivity contribution in [3.8, 4) is 11.1 Å². The van der Waals surface area contributed by atoms with Crippen molar-refractivity contribution in [2.45, 2.75) is 57.8 Å². The highest BCUT2D eigenvalue weighted by atomic mass is 16.7. The van der Waals surface area contributed by atoms with Gasteiger partial charge >= 0.3 is 5.97 Å². The number of non-ortho nitro benzene ring substituents is 1. The maximum Gasteiger partial charge on any atom is 0.303 e. The maximum atomic E-state index is 12.2. The van der Waals surface area contributed by atoms with Crippen molar-refractivity contribution in [3.05, 3.63) is 129 Å². The summed E-state index contributed by atoms with van der Waals surface area (Å²) in [4.78, 5) is 38.3. The molecule has 2 aliphatic rings. The van der Waals surface area contributed by atoms with Crippen LogP contribution in [-0.2, 0) is 32.2 Å². The fraction of sp³-hybridized carbons (Fsp3) is 0.366. The van der Waals surface area contributed by atoms with Crippen molar-refractivity contribution in [2.24, 2.45) is 5.92 Å². The average Bonchev–Trinajstić information content (AvgIpc) is 3.18. The first-order chi connectivity index (χ1) is 25.7. The van der Waals surface area contributed by atoms with Crippen molar-refractivity contribution in [3.63, 3.8) is 0 Å². The molecule has 2 heterocycles. The number of piperazine rings is 1. The number of nitro groups is 1. The highest BCUT2D eigenvalue weighted by molar-refractivity contribution is 5.76. The van der Waals surface area contributed by atoms with E-state index >= 15 is 0 Å². The molecular formula is C41H46N4O8. The number of nitrogens with zero attached hydrogens (tertiary/aromatic N) is 3. The van der Waals surface area contributed by atoms with E-state index in [2.05, 4.69) is 22.0 Å². The van der Waals surface area contributed by atoms with Crippen molar-refractivity contribution in [1.29, 1.82) is 0 Å². The Bertz CT molecular complexity index is 1840. The minimum absolute atomic E-state index is 0.0277. The summed E-state index contributed by atoms with van der Waals surface area (Å²) in [5.74, 6) is -1.04. The smallest absolute Gasteiger partial charge is 0.303 e. The number of aliphatic carboxylic acids is 1. The van der Waals surface area contributed by atoms with Gasteiger partial charge in [0.25, 0.3) is 5.69 Å². The molecule has 4 aromatic rings. The zero-order valence-electron chi connectivity index (χ0n) is 29.8. The fourth-order valence-electron chi connectivity index (χ4n) is 6.94. The summed E-state index contributed by atoms with van der Waals surface area (Å²) in [5.41, 5.74) is 6.77. The lowest BCUT2D eigenvalue weighted by Gasteiger charge is -2.44. The summed E-state index contributed by atoms with van der Waals surface area (Å²) < 4.78 is 13.4. The van der Waals surface area contributed by atoms with Gasteiger partial charge in [0.1, 0.15) is 0 Å². The molecule has 2 fully saturated rings. The van der Waals surface area contributed by atoms with Crippen LogP contribution < -0.4 is 10.2 Å². The van der Waals surface area contributed by atoms with Crippen LogP contribution in [0.4, 0.5) is 11.4 Å². The second-order valence-electron chi connectivity index (χ2n) is 13.7. The van der Waals surface area contributed by atoms with Gasteiger partial charge in [0.2, 0.25) is 5.91 Å². The van der Waals surface area contributed by atoms with Crippen LogP contribution in [0, 0.1) is 16.0 Å². The summed E-state index contributed by atoms with van der Waals surface area (Å²) in [7, 11) is 0. The van der Waals surface area contributed by atoms with Gasteiger partial charge in [-0.05, 0) is 52.4 Å². The van der Waals surface area contributed by atoms with Gasteiger partial charge in [0, 0.05) is 81.4 Å². The van der Waals surface area contributed by atoms with Gasteiger partial charge in [0.05, 0.1) is 23.7 Å². The number of hydrogen-bond acceptors (Lipinski definition) is 9. The number of aliphatic hydroxyl groups excluding tert-OH is 1. The molecule has 4 aromatic carbocycles. The van der Waals surface area contributed by atoms with Crippen molar-refractivity contribution in [1.82, 2.24) is 10.2 Å². The lowest BCUT2D eigenvalue weighted by molar-refractivity contribution is -0.384. The van der Waals surface area contributed by atoms with Crippen LogP contribution in [-0.4, -0.2) is 70.7 Å². The highest BCUT2D eigenvalue weighted by Gasteiger charge is 2.39. The summed E-state index contributed by atoms with van der Waals surface area (Å²) in [6.07, 6.45) is -0.507. The molecular weight excluding hydrogens is 676 g/mol. The first-order valence-electron chi connectivity index (χ1n) is 18.1. The largest absolute Gasteiger partial charge is 0.481 e. The summed E-state index contributed by atoms with van der Waals surface area (Å²) >= 11 is 0. The molecule has 4 atom stereocenters. The average molecular weight is 723 g/mol. The van der Waals surface area contributed by atoms with E-state index in [0.717, 1.165) is 71.8 Å². The van der Waals surface area contributed by atoms with E-state index in [1.54, 1.807) is 12.1 Å². The summed E-state index contributed by atoms with van der Waals surface area (Å²) in [6, 6.07) is 30.7. The molecule has 53 heavy (non-hydrogen) atoms. The molecule has 6 rings (SSSR count). The summed E-state index contributed by atoms with van der Waals surface area (Å²) in [6.45, 7) is 6.46. The molecule has 12 heteroatoms. The Balaban J connectivity index is 1.13. The molecule has 2 saturated heterocycles. The number of carboxylic acid groups (broad SMARTS) is 1. The number of nitro benzene ring substituents is 1. The maximum absolute atomic E-state index is 12.2. The van der Waals surface area contributed by atoms with E-state index in [1.165, 1.54) is 0 Å². The first kappa shape index (κ1) is 37.6. The molecule has 2 aliphatic heterocycles. The van der Waals surface area contributed by atoms with Crippen LogP contribution in [0.15, 0.2) is 97.1 Å². The molecule has 0 unspecified atom stereocenters. The molecule has 1 amide bonds. The number of benzene rings is 4. The Labute approximate surface area is 309 Å². The van der Waals surface area contributed by atoms with E-state index in [0.29, 0.717) is 13.0 Å². The summed E-state index contributed by atoms with van der Waals surface area (Å²) in [5, 5.41) is 32.4. The van der Waals surface area contributed by atoms with E-state index in [9.17, 15) is 24.8 Å². The third-order valence-corrected chi connectivity index (χ3v) is 10.1. The minimum Gasteiger partial charge on any atom is -0.481 e. The van der Waals surface area contributed by atoms with Crippen LogP contribution in [0.5, 0.6) is 0 Å². The van der Waals surface area contributed by atoms with Crippen LogP contribution in [0.2, 0.25) is 0 Å². The molecule has 0 saturated carbocycles. The standard InChI is InChI=1S/C41H46N4O8/c1-28-37(26-43-20-22-44(23-21-43)35-16-18-36(19-17-35)45(50)51)52-41(53-40(28)32-10-8-29(27-46)9-11-32)33-14-12-31(13-15-33)34-5-2-4-30(24-34)25-42-38(47)6-3-7-39(48)49/h2,4-5,8-19,24,28,37,40-41,46H,3,6-7,20-23,25-27H2,1H3,(H,42,47)(H,48,49)/t28-,37+,40+,41+/m1/s1. The SMILES string of the molecule is C[C@@H]1[C@H](CN2CCN(c3ccc([N+](=O)[O-])cc3)CC2)O[C@H](c2ccc(-c3cccc(CNC(=O)CCCC(=O)O)c3)cc2)O[C@@H]1c1ccc(CO)cc1. The topological polar surface area (TPSA) is 155 Å². The number of amides is 1. The number of ether oxygens (including phenoxy) is 2. The molecule has 0 bridgehead atoms. The van der Waals surface area contributed by atoms with Gasteiger partial charge in [-0.25, -0.2) is 0 Å². The lowest BCUT2D eigenvalue weighted by Crippen LogP contribution is -2.51. The predicted molar refractivity (Wildman–Crippen MR) is 200 cm³/mol. The monoisotopic (exact) mass is 722 g/mol. The molecule has 0 radical (unpaired) electrons. The first-order valence-corrected chi connectivity index (χ1v) is 18.1. The number of carbonyl (C=O) groups excluding carboxylic acids is 1. The number of carboxylic acids is 1. The second kappa shape index (κ2) is 17.6. The van der Waals surface area contributed by atoms with E-state index in [4.69, 9.17) is 14.6 Å². The molecule has 0 aliphatic carbocycles. The predicted octanol–water partition coefficient (Wildman–Crippen LogP) is 6.24. The van der Waals surface area contributed by atoms with Gasteiger partial charge in [-0.15, -0.1) is 0 Å². The van der Waals surface area contributed by atoms with Gasteiger partial charge in [-0.3, -0.25) is 24.6 Å². The number of nitrogens with one attached hydrogen (secondary N) is 1. The molecule has 278 valence electrons. The lowest BCUT2D eigenvalue weighted by atomic mass is 9.89. The number of aliphatic hydroxyl groups is 1.